The normalized spacial score (nSPS) is 20.8. The fourth-order valence-electron chi connectivity index (χ4n) is 3.67. The number of carbonyl (C=O) groups excluding carboxylic acids is 1. The predicted octanol–water partition coefficient (Wildman–Crippen LogP) is 1.30. The van der Waals surface area contributed by atoms with Gasteiger partial charge in [-0.15, -0.1) is 5.10 Å². The summed E-state index contributed by atoms with van der Waals surface area (Å²) >= 11 is 0. The topological polar surface area (TPSA) is 88.4 Å². The minimum absolute atomic E-state index is 0.0543. The molecule has 0 bridgehead atoms. The molecule has 1 aromatic carbocycles. The van der Waals surface area contributed by atoms with Crippen LogP contribution in [0.1, 0.15) is 18.4 Å². The molecule has 1 aromatic heterocycles. The molecule has 2 fully saturated rings. The van der Waals surface area contributed by atoms with Gasteiger partial charge in [0.15, 0.2) is 0 Å². The second-order valence-electron chi connectivity index (χ2n) is 7.11. The van der Waals surface area contributed by atoms with E-state index < -0.39 is 0 Å². The first-order valence-corrected chi connectivity index (χ1v) is 9.43. The summed E-state index contributed by atoms with van der Waals surface area (Å²) in [6.45, 7) is 7.10. The number of anilines is 1. The zero-order valence-corrected chi connectivity index (χ0v) is 15.5. The number of amides is 2. The van der Waals surface area contributed by atoms with Crippen molar-refractivity contribution in [2.24, 2.45) is 0 Å². The third-order valence-corrected chi connectivity index (χ3v) is 5.19. The van der Waals surface area contributed by atoms with Gasteiger partial charge in [0.2, 0.25) is 0 Å². The molecule has 1 unspecified atom stereocenters. The fourth-order valence-corrected chi connectivity index (χ4v) is 3.67. The number of nitrogens with one attached hydrogen (secondary N) is 1. The number of ether oxygens (including phenoxy) is 1. The number of aryl methyl sites for hydroxylation is 1. The Morgan fingerprint density at radius 2 is 2.15 bits per heavy atom. The van der Waals surface area contributed by atoms with Crippen LogP contribution in [0, 0.1) is 6.92 Å². The van der Waals surface area contributed by atoms with Crippen LogP contribution >= 0.6 is 0 Å². The second kappa shape index (κ2) is 8.01. The first kappa shape index (κ1) is 17.9. The van der Waals surface area contributed by atoms with Gasteiger partial charge >= 0.3 is 6.03 Å². The molecule has 2 saturated heterocycles. The summed E-state index contributed by atoms with van der Waals surface area (Å²) in [6.07, 6.45) is 4.24. The largest absolute Gasteiger partial charge is 0.377 e. The first-order valence-electron chi connectivity index (χ1n) is 9.43. The highest BCUT2D eigenvalue weighted by molar-refractivity contribution is 5.89. The molecule has 27 heavy (non-hydrogen) atoms. The number of rotatable bonds is 4. The standard InChI is InChI=1S/C18H25N7O2/c1-14-11-15(4-5-17(14)25-13-19-21-22-25)20-18(26)24-8-6-23(7-9-24)12-16-3-2-10-27-16/h4-5,11,13,16H,2-3,6-10,12H2,1H3,(H,20,26). The van der Waals surface area contributed by atoms with Crippen LogP contribution < -0.4 is 5.32 Å². The molecule has 0 saturated carbocycles. The highest BCUT2D eigenvalue weighted by atomic mass is 16.5. The Hall–Kier alpha value is -2.52. The van der Waals surface area contributed by atoms with Crippen LogP contribution in [0.4, 0.5) is 10.5 Å². The lowest BCUT2D eigenvalue weighted by atomic mass is 10.2. The van der Waals surface area contributed by atoms with E-state index in [9.17, 15) is 4.79 Å². The number of benzene rings is 1. The zero-order chi connectivity index (χ0) is 18.6. The van der Waals surface area contributed by atoms with E-state index in [1.54, 1.807) is 11.0 Å². The molecule has 9 nitrogen and oxygen atoms in total. The Balaban J connectivity index is 1.30. The van der Waals surface area contributed by atoms with Gasteiger partial charge in [0.05, 0.1) is 11.8 Å². The molecule has 2 aliphatic heterocycles. The Labute approximate surface area is 158 Å². The fraction of sp³-hybridized carbons (Fsp3) is 0.556. The number of tetrazole rings is 1. The maximum Gasteiger partial charge on any atom is 0.321 e. The van der Waals surface area contributed by atoms with E-state index in [-0.39, 0.29) is 6.03 Å². The molecular weight excluding hydrogens is 346 g/mol. The zero-order valence-electron chi connectivity index (χ0n) is 15.5. The van der Waals surface area contributed by atoms with Crippen molar-refractivity contribution >= 4 is 11.7 Å². The van der Waals surface area contributed by atoms with Crippen molar-refractivity contribution in [2.45, 2.75) is 25.9 Å². The highest BCUT2D eigenvalue weighted by Crippen LogP contribution is 2.19. The van der Waals surface area contributed by atoms with Gasteiger partial charge in [0, 0.05) is 45.0 Å². The van der Waals surface area contributed by atoms with E-state index in [2.05, 4.69) is 25.7 Å². The van der Waals surface area contributed by atoms with Crippen LogP contribution in [0.5, 0.6) is 0 Å². The van der Waals surface area contributed by atoms with Crippen LogP contribution in [0.3, 0.4) is 0 Å². The second-order valence-corrected chi connectivity index (χ2v) is 7.11. The molecular formula is C18H25N7O2. The minimum Gasteiger partial charge on any atom is -0.377 e. The lowest BCUT2D eigenvalue weighted by Crippen LogP contribution is -2.51. The number of carbonyl (C=O) groups is 1. The van der Waals surface area contributed by atoms with Crippen molar-refractivity contribution < 1.29 is 9.53 Å². The van der Waals surface area contributed by atoms with Gasteiger partial charge in [0.25, 0.3) is 0 Å². The van der Waals surface area contributed by atoms with Gasteiger partial charge in [-0.25, -0.2) is 9.48 Å². The van der Waals surface area contributed by atoms with Crippen LogP contribution in [-0.2, 0) is 4.74 Å². The minimum atomic E-state index is -0.0543. The van der Waals surface area contributed by atoms with Crippen molar-refractivity contribution in [2.75, 3.05) is 44.6 Å². The van der Waals surface area contributed by atoms with Crippen LogP contribution in [0.15, 0.2) is 24.5 Å². The maximum absolute atomic E-state index is 12.6. The average Bonchev–Trinajstić information content (AvgIpc) is 3.36. The summed E-state index contributed by atoms with van der Waals surface area (Å²) in [7, 11) is 0. The van der Waals surface area contributed by atoms with Gasteiger partial charge in [-0.1, -0.05) is 0 Å². The maximum atomic E-state index is 12.6. The monoisotopic (exact) mass is 371 g/mol. The summed E-state index contributed by atoms with van der Waals surface area (Å²) in [6, 6.07) is 5.65. The number of hydrogen-bond acceptors (Lipinski definition) is 6. The molecule has 144 valence electrons. The molecule has 2 aromatic rings. The molecule has 0 radical (unpaired) electrons. The third kappa shape index (κ3) is 4.25. The number of nitrogens with zero attached hydrogens (tertiary/aromatic N) is 6. The van der Waals surface area contributed by atoms with Gasteiger partial charge in [-0.05, 0) is 54.0 Å². The summed E-state index contributed by atoms with van der Waals surface area (Å²) in [5.74, 6) is 0. The van der Waals surface area contributed by atoms with Crippen LogP contribution in [0.25, 0.3) is 5.69 Å². The molecule has 1 N–H and O–H groups in total. The molecule has 3 heterocycles. The molecule has 4 rings (SSSR count). The summed E-state index contributed by atoms with van der Waals surface area (Å²) in [5, 5.41) is 14.2. The van der Waals surface area contributed by atoms with Gasteiger partial charge in [-0.2, -0.15) is 0 Å². The Morgan fingerprint density at radius 3 is 2.81 bits per heavy atom. The number of urea groups is 1. The van der Waals surface area contributed by atoms with Crippen LogP contribution in [0.2, 0.25) is 0 Å². The Morgan fingerprint density at radius 1 is 1.30 bits per heavy atom. The van der Waals surface area contributed by atoms with Gasteiger partial charge < -0.3 is 15.0 Å². The van der Waals surface area contributed by atoms with Crippen molar-refractivity contribution in [3.8, 4) is 5.69 Å². The molecule has 0 spiro atoms. The average molecular weight is 371 g/mol. The van der Waals surface area contributed by atoms with E-state index in [0.717, 1.165) is 62.7 Å². The summed E-state index contributed by atoms with van der Waals surface area (Å²) in [4.78, 5) is 16.8. The van der Waals surface area contributed by atoms with Gasteiger partial charge in [0.1, 0.15) is 6.33 Å². The van der Waals surface area contributed by atoms with Gasteiger partial charge in [-0.3, -0.25) is 4.90 Å². The lowest BCUT2D eigenvalue weighted by molar-refractivity contribution is 0.0572. The Kier molecular flexibility index (Phi) is 5.30. The molecule has 2 aliphatic rings. The molecule has 0 aliphatic carbocycles. The van der Waals surface area contributed by atoms with Crippen molar-refractivity contribution in [3.05, 3.63) is 30.1 Å². The van der Waals surface area contributed by atoms with Crippen molar-refractivity contribution in [1.82, 2.24) is 30.0 Å². The summed E-state index contributed by atoms with van der Waals surface area (Å²) < 4.78 is 7.31. The molecule has 1 atom stereocenters. The first-order chi connectivity index (χ1) is 13.2. The van der Waals surface area contributed by atoms with E-state index in [1.807, 2.05) is 30.0 Å². The predicted molar refractivity (Wildman–Crippen MR) is 99.9 cm³/mol. The van der Waals surface area contributed by atoms with Crippen molar-refractivity contribution in [1.29, 1.82) is 0 Å². The van der Waals surface area contributed by atoms with E-state index in [0.29, 0.717) is 6.10 Å². The number of piperazine rings is 1. The smallest absolute Gasteiger partial charge is 0.321 e. The Bertz CT molecular complexity index is 766. The van der Waals surface area contributed by atoms with Crippen LogP contribution in [-0.4, -0.2) is 81.5 Å². The third-order valence-electron chi connectivity index (χ3n) is 5.19. The summed E-state index contributed by atoms with van der Waals surface area (Å²) in [5.41, 5.74) is 2.65. The van der Waals surface area contributed by atoms with E-state index in [1.165, 1.54) is 6.42 Å². The molecule has 9 heteroatoms. The van der Waals surface area contributed by atoms with Crippen molar-refractivity contribution in [3.63, 3.8) is 0 Å². The SMILES string of the molecule is Cc1cc(NC(=O)N2CCN(CC3CCCO3)CC2)ccc1-n1cnnn1. The van der Waals surface area contributed by atoms with E-state index in [4.69, 9.17) is 4.74 Å². The quantitative estimate of drug-likeness (QED) is 0.872. The van der Waals surface area contributed by atoms with E-state index >= 15 is 0 Å². The number of aromatic nitrogens is 4. The highest BCUT2D eigenvalue weighted by Gasteiger charge is 2.25. The lowest BCUT2D eigenvalue weighted by Gasteiger charge is -2.35. The number of hydrogen-bond donors (Lipinski definition) is 1. The molecule has 2 amide bonds.